The van der Waals surface area contributed by atoms with Crippen LogP contribution < -0.4 is 0 Å². The van der Waals surface area contributed by atoms with Crippen LogP contribution in [0, 0.1) is 0 Å². The Kier molecular flexibility index (Phi) is 6.97. The molecule has 0 saturated heterocycles. The fraction of sp³-hybridized carbons (Fsp3) is 0.273. The monoisotopic (exact) mass is 378 g/mol. The van der Waals surface area contributed by atoms with Crippen molar-refractivity contribution in [2.24, 2.45) is 0 Å². The molecule has 27 heavy (non-hydrogen) atoms. The highest BCUT2D eigenvalue weighted by molar-refractivity contribution is 5.23. The maximum absolute atomic E-state index is 15.0. The molecular formula is C22H22F4O. The van der Waals surface area contributed by atoms with Crippen molar-refractivity contribution in [1.82, 2.24) is 0 Å². The van der Waals surface area contributed by atoms with Gasteiger partial charge in [0, 0.05) is 11.1 Å². The average Bonchev–Trinajstić information content (AvgIpc) is 2.68. The first-order valence-electron chi connectivity index (χ1n) is 8.58. The normalized spacial score (nSPS) is 14.4. The van der Waals surface area contributed by atoms with E-state index in [4.69, 9.17) is 4.74 Å². The summed E-state index contributed by atoms with van der Waals surface area (Å²) in [6.07, 6.45) is -1.63. The summed E-state index contributed by atoms with van der Waals surface area (Å²) in [7, 11) is 0. The largest absolute Gasteiger partial charge is 0.361 e. The number of benzene rings is 2. The van der Waals surface area contributed by atoms with Gasteiger partial charge in [0.2, 0.25) is 0 Å². The van der Waals surface area contributed by atoms with E-state index in [2.05, 4.69) is 13.2 Å². The zero-order valence-corrected chi connectivity index (χ0v) is 14.8. The second-order valence-electron chi connectivity index (χ2n) is 6.14. The molecule has 1 nitrogen and oxygen atoms in total. The van der Waals surface area contributed by atoms with E-state index in [1.807, 2.05) is 0 Å². The topological polar surface area (TPSA) is 9.23 Å². The molecule has 0 aliphatic carbocycles. The Morgan fingerprint density at radius 2 is 1.04 bits per heavy atom. The molecule has 0 heterocycles. The fourth-order valence-electron chi connectivity index (χ4n) is 2.77. The molecule has 2 aromatic carbocycles. The molecule has 0 aliphatic rings. The lowest BCUT2D eigenvalue weighted by molar-refractivity contribution is -0.219. The molecule has 0 N–H and O–H groups in total. The number of hydrogen-bond acceptors (Lipinski definition) is 1. The Labute approximate surface area is 157 Å². The molecule has 0 fully saturated rings. The summed E-state index contributed by atoms with van der Waals surface area (Å²) >= 11 is 0. The van der Waals surface area contributed by atoms with Crippen molar-refractivity contribution >= 4 is 0 Å². The summed E-state index contributed by atoms with van der Waals surface area (Å²) in [6.45, 7) is 6.92. The summed E-state index contributed by atoms with van der Waals surface area (Å²) in [6, 6.07) is 14.1. The minimum atomic E-state index is -3.46. The van der Waals surface area contributed by atoms with Crippen LogP contribution in [0.25, 0.3) is 0 Å². The average molecular weight is 378 g/mol. The molecule has 0 aromatic heterocycles. The standard InChI is InChI=1S/C22H22F4O/c1-3-11-19(21(23,24)17-13-7-5-8-14-17)27-20(12-4-2)22(25,26)18-15-9-6-10-16-18/h3-10,13-16,19-20H,1-2,11-12H2. The lowest BCUT2D eigenvalue weighted by Crippen LogP contribution is -2.42. The molecule has 2 aromatic rings. The minimum Gasteiger partial charge on any atom is -0.361 e. The van der Waals surface area contributed by atoms with Crippen molar-refractivity contribution in [2.45, 2.75) is 36.9 Å². The van der Waals surface area contributed by atoms with Crippen LogP contribution in [0.15, 0.2) is 86.0 Å². The lowest BCUT2D eigenvalue weighted by Gasteiger charge is -2.34. The van der Waals surface area contributed by atoms with Crippen LogP contribution in [0.4, 0.5) is 17.6 Å². The molecular weight excluding hydrogens is 356 g/mol. The second-order valence-corrected chi connectivity index (χ2v) is 6.14. The van der Waals surface area contributed by atoms with Crippen LogP contribution in [0.3, 0.4) is 0 Å². The van der Waals surface area contributed by atoms with Crippen molar-refractivity contribution in [2.75, 3.05) is 0 Å². The first-order valence-corrected chi connectivity index (χ1v) is 8.58. The van der Waals surface area contributed by atoms with Gasteiger partial charge in [0.15, 0.2) is 0 Å². The van der Waals surface area contributed by atoms with Crippen LogP contribution in [0.1, 0.15) is 24.0 Å². The molecule has 5 heteroatoms. The number of ether oxygens (including phenoxy) is 1. The molecule has 144 valence electrons. The maximum Gasteiger partial charge on any atom is 0.299 e. The molecule has 0 bridgehead atoms. The van der Waals surface area contributed by atoms with Crippen LogP contribution >= 0.6 is 0 Å². The third-order valence-corrected chi connectivity index (χ3v) is 4.22. The molecule has 2 unspecified atom stereocenters. The molecule has 0 saturated carbocycles. The zero-order chi connectivity index (χ0) is 19.9. The Morgan fingerprint density at radius 3 is 1.33 bits per heavy atom. The predicted molar refractivity (Wildman–Crippen MR) is 99.0 cm³/mol. The van der Waals surface area contributed by atoms with Crippen LogP contribution in [-0.2, 0) is 16.6 Å². The van der Waals surface area contributed by atoms with E-state index < -0.39 is 24.1 Å². The Bertz CT molecular complexity index is 665. The van der Waals surface area contributed by atoms with Crippen molar-refractivity contribution < 1.29 is 22.3 Å². The number of halogens is 4. The summed E-state index contributed by atoms with van der Waals surface area (Å²) in [5, 5.41) is 0. The molecule has 2 rings (SSSR count). The third kappa shape index (κ3) is 4.86. The van der Waals surface area contributed by atoms with E-state index >= 15 is 0 Å². The number of alkyl halides is 4. The van der Waals surface area contributed by atoms with Crippen LogP contribution in [0.2, 0.25) is 0 Å². The number of hydrogen-bond donors (Lipinski definition) is 0. The van der Waals surface area contributed by atoms with Gasteiger partial charge in [0.1, 0.15) is 12.2 Å². The smallest absolute Gasteiger partial charge is 0.299 e. The van der Waals surface area contributed by atoms with Gasteiger partial charge in [-0.05, 0) is 12.8 Å². The van der Waals surface area contributed by atoms with Gasteiger partial charge in [0.05, 0.1) is 0 Å². The van der Waals surface area contributed by atoms with E-state index in [0.29, 0.717) is 0 Å². The van der Waals surface area contributed by atoms with Gasteiger partial charge in [-0.3, -0.25) is 0 Å². The van der Waals surface area contributed by atoms with Gasteiger partial charge >= 0.3 is 0 Å². The van der Waals surface area contributed by atoms with Gasteiger partial charge in [0.25, 0.3) is 11.8 Å². The molecule has 0 aliphatic heterocycles. The highest BCUT2D eigenvalue weighted by Gasteiger charge is 2.48. The Morgan fingerprint density at radius 1 is 0.704 bits per heavy atom. The van der Waals surface area contributed by atoms with Crippen molar-refractivity contribution in [3.63, 3.8) is 0 Å². The Balaban J connectivity index is 2.35. The molecule has 0 radical (unpaired) electrons. The van der Waals surface area contributed by atoms with E-state index in [0.717, 1.165) is 0 Å². The fourth-order valence-corrected chi connectivity index (χ4v) is 2.77. The highest BCUT2D eigenvalue weighted by atomic mass is 19.3. The zero-order valence-electron chi connectivity index (χ0n) is 14.8. The second kappa shape index (κ2) is 9.00. The van der Waals surface area contributed by atoms with Gasteiger partial charge in [-0.25, -0.2) is 0 Å². The third-order valence-electron chi connectivity index (χ3n) is 4.22. The number of rotatable bonds is 10. The lowest BCUT2D eigenvalue weighted by atomic mass is 9.97. The van der Waals surface area contributed by atoms with Crippen molar-refractivity contribution in [3.8, 4) is 0 Å². The first-order chi connectivity index (χ1) is 12.8. The van der Waals surface area contributed by atoms with Gasteiger partial charge in [-0.1, -0.05) is 72.8 Å². The van der Waals surface area contributed by atoms with E-state index in [-0.39, 0.29) is 24.0 Å². The molecule has 0 amide bonds. The summed E-state index contributed by atoms with van der Waals surface area (Å²) in [4.78, 5) is 0. The maximum atomic E-state index is 15.0. The Hall–Kier alpha value is -2.40. The first kappa shape index (κ1) is 20.9. The summed E-state index contributed by atoms with van der Waals surface area (Å²) in [5.74, 6) is -6.91. The van der Waals surface area contributed by atoms with Gasteiger partial charge < -0.3 is 4.74 Å². The van der Waals surface area contributed by atoms with E-state index in [1.165, 1.54) is 60.7 Å². The highest BCUT2D eigenvalue weighted by Crippen LogP contribution is 2.41. The molecule has 0 spiro atoms. The van der Waals surface area contributed by atoms with Crippen LogP contribution in [0.5, 0.6) is 0 Å². The minimum absolute atomic E-state index is 0.277. The van der Waals surface area contributed by atoms with Crippen molar-refractivity contribution in [1.29, 1.82) is 0 Å². The SMILES string of the molecule is C=CCC(OC(CC=C)C(F)(F)c1ccccc1)C(F)(F)c1ccccc1. The summed E-state index contributed by atoms with van der Waals surface area (Å²) in [5.41, 5.74) is -0.588. The summed E-state index contributed by atoms with van der Waals surface area (Å²) < 4.78 is 65.1. The van der Waals surface area contributed by atoms with Crippen LogP contribution in [-0.4, -0.2) is 12.2 Å². The molecule has 2 atom stereocenters. The van der Waals surface area contributed by atoms with E-state index in [1.54, 1.807) is 12.1 Å². The predicted octanol–water partition coefficient (Wildman–Crippen LogP) is 6.48. The van der Waals surface area contributed by atoms with Gasteiger partial charge in [-0.2, -0.15) is 17.6 Å². The van der Waals surface area contributed by atoms with Crippen molar-refractivity contribution in [3.05, 3.63) is 97.1 Å². The van der Waals surface area contributed by atoms with Gasteiger partial charge in [-0.15, -0.1) is 13.2 Å². The van der Waals surface area contributed by atoms with E-state index in [9.17, 15) is 17.6 Å². The quantitative estimate of drug-likeness (QED) is 0.340.